The molecule has 24 heavy (non-hydrogen) atoms. The molecule has 3 aromatic rings. The summed E-state index contributed by atoms with van der Waals surface area (Å²) in [6.07, 6.45) is 12.7. The maximum Gasteiger partial charge on any atom is -0.0184 e. The number of hydrogen-bond donors (Lipinski definition) is 0. The highest BCUT2D eigenvalue weighted by atomic mass is 14.0. The highest BCUT2D eigenvalue weighted by Crippen LogP contribution is 2.15. The van der Waals surface area contributed by atoms with Crippen LogP contribution in [0.25, 0.3) is 24.3 Å². The van der Waals surface area contributed by atoms with Crippen molar-refractivity contribution in [3.63, 3.8) is 0 Å². The van der Waals surface area contributed by atoms with E-state index in [0.29, 0.717) is 0 Å². The van der Waals surface area contributed by atoms with Crippen LogP contribution in [0.3, 0.4) is 0 Å². The topological polar surface area (TPSA) is 0 Å². The molecular weight excluding hydrogens is 288 g/mol. The van der Waals surface area contributed by atoms with Gasteiger partial charge in [0.2, 0.25) is 0 Å². The summed E-state index contributed by atoms with van der Waals surface area (Å²) in [5.41, 5.74) is 4.84. The Balaban J connectivity index is 1.73. The molecule has 0 N–H and O–H groups in total. The monoisotopic (exact) mass is 308 g/mol. The first-order valence-electron chi connectivity index (χ1n) is 8.14. The van der Waals surface area contributed by atoms with E-state index >= 15 is 0 Å². The van der Waals surface area contributed by atoms with Crippen LogP contribution in [-0.2, 0) is 0 Å². The van der Waals surface area contributed by atoms with Crippen LogP contribution in [0.1, 0.15) is 22.3 Å². The van der Waals surface area contributed by atoms with Crippen LogP contribution in [0.4, 0.5) is 0 Å². The van der Waals surface area contributed by atoms with Gasteiger partial charge < -0.3 is 0 Å². The Bertz CT molecular complexity index is 837. The number of hydrogen-bond acceptors (Lipinski definition) is 0. The van der Waals surface area contributed by atoms with Gasteiger partial charge >= 0.3 is 0 Å². The molecule has 0 aromatic heterocycles. The van der Waals surface area contributed by atoms with Gasteiger partial charge in [-0.15, -0.1) is 0 Å². The third kappa shape index (κ3) is 4.69. The lowest BCUT2D eigenvalue weighted by atomic mass is 10.1. The Labute approximate surface area is 144 Å². The van der Waals surface area contributed by atoms with E-state index in [9.17, 15) is 0 Å². The molecule has 0 heteroatoms. The van der Waals surface area contributed by atoms with Gasteiger partial charge in [0, 0.05) is 0 Å². The molecular formula is C24H20. The molecule has 0 saturated carbocycles. The van der Waals surface area contributed by atoms with Crippen LogP contribution in [0.5, 0.6) is 0 Å². The maximum absolute atomic E-state index is 2.16. The molecule has 0 aliphatic carbocycles. The molecule has 0 unspecified atom stereocenters. The van der Waals surface area contributed by atoms with E-state index in [0.717, 1.165) is 0 Å². The Kier molecular flexibility index (Phi) is 5.58. The molecule has 3 rings (SSSR count). The minimum atomic E-state index is 1.21. The van der Waals surface area contributed by atoms with Crippen molar-refractivity contribution < 1.29 is 0 Å². The van der Waals surface area contributed by atoms with Crippen LogP contribution < -0.4 is 0 Å². The van der Waals surface area contributed by atoms with Gasteiger partial charge in [0.25, 0.3) is 0 Å². The Morgan fingerprint density at radius 1 is 0.375 bits per heavy atom. The van der Waals surface area contributed by atoms with E-state index in [4.69, 9.17) is 0 Å². The number of benzene rings is 3. The van der Waals surface area contributed by atoms with Crippen molar-refractivity contribution in [1.82, 2.24) is 0 Å². The number of allylic oxidation sites excluding steroid dienone is 2. The van der Waals surface area contributed by atoms with Crippen molar-refractivity contribution in [1.29, 1.82) is 0 Å². The normalized spacial score (nSPS) is 11.7. The van der Waals surface area contributed by atoms with Gasteiger partial charge in [-0.05, 0) is 22.3 Å². The Morgan fingerprint density at radius 2 is 0.833 bits per heavy atom. The first-order valence-corrected chi connectivity index (χ1v) is 8.14. The SMILES string of the molecule is C(C=Cc1ccccc1C=Cc1ccccc1)=Cc1ccccc1. The zero-order chi connectivity index (χ0) is 16.5. The fraction of sp³-hybridized carbons (Fsp3) is 0. The van der Waals surface area contributed by atoms with Gasteiger partial charge in [-0.3, -0.25) is 0 Å². The highest BCUT2D eigenvalue weighted by Gasteiger charge is 1.93. The van der Waals surface area contributed by atoms with Gasteiger partial charge in [0.15, 0.2) is 0 Å². The fourth-order valence-electron chi connectivity index (χ4n) is 2.45. The Morgan fingerprint density at radius 3 is 1.46 bits per heavy atom. The van der Waals surface area contributed by atoms with E-state index in [-0.39, 0.29) is 0 Å². The summed E-state index contributed by atoms with van der Waals surface area (Å²) >= 11 is 0. The minimum Gasteiger partial charge on any atom is -0.0622 e. The van der Waals surface area contributed by atoms with Crippen molar-refractivity contribution in [2.45, 2.75) is 0 Å². The van der Waals surface area contributed by atoms with Gasteiger partial charge in [-0.1, -0.05) is 121 Å². The van der Waals surface area contributed by atoms with Gasteiger partial charge in [0.1, 0.15) is 0 Å². The van der Waals surface area contributed by atoms with Crippen molar-refractivity contribution in [2.75, 3.05) is 0 Å². The van der Waals surface area contributed by atoms with Crippen molar-refractivity contribution in [2.24, 2.45) is 0 Å². The predicted molar refractivity (Wildman–Crippen MR) is 106 cm³/mol. The lowest BCUT2D eigenvalue weighted by Gasteiger charge is -2.00. The standard InChI is InChI=1S/C24H20/c1-3-11-21(12-4-1)15-7-8-16-23-17-9-10-18-24(23)20-19-22-13-5-2-6-14-22/h1-20H. The van der Waals surface area contributed by atoms with E-state index in [2.05, 4.69) is 97.1 Å². The smallest absolute Gasteiger partial charge is 0.0184 e. The molecule has 0 heterocycles. The lowest BCUT2D eigenvalue weighted by molar-refractivity contribution is 1.61. The lowest BCUT2D eigenvalue weighted by Crippen LogP contribution is -1.79. The van der Waals surface area contributed by atoms with Crippen LogP contribution >= 0.6 is 0 Å². The van der Waals surface area contributed by atoms with E-state index < -0.39 is 0 Å². The van der Waals surface area contributed by atoms with Gasteiger partial charge in [-0.25, -0.2) is 0 Å². The Hall–Kier alpha value is -3.12. The summed E-state index contributed by atoms with van der Waals surface area (Å²) in [6, 6.07) is 29.1. The maximum atomic E-state index is 2.16. The zero-order valence-corrected chi connectivity index (χ0v) is 13.5. The molecule has 116 valence electrons. The van der Waals surface area contributed by atoms with Gasteiger partial charge in [0.05, 0.1) is 0 Å². The summed E-state index contributed by atoms with van der Waals surface area (Å²) in [6.45, 7) is 0. The van der Waals surface area contributed by atoms with Crippen LogP contribution in [0.2, 0.25) is 0 Å². The second-order valence-electron chi connectivity index (χ2n) is 5.50. The van der Waals surface area contributed by atoms with E-state index in [1.54, 1.807) is 0 Å². The van der Waals surface area contributed by atoms with E-state index in [1.807, 2.05) is 24.3 Å². The average Bonchev–Trinajstić information content (AvgIpc) is 2.66. The van der Waals surface area contributed by atoms with Crippen LogP contribution in [0.15, 0.2) is 97.1 Å². The molecule has 3 aromatic carbocycles. The summed E-state index contributed by atoms with van der Waals surface area (Å²) in [5, 5.41) is 0. The first-order chi connectivity index (χ1) is 11.9. The molecule has 0 bridgehead atoms. The largest absolute Gasteiger partial charge is 0.0622 e. The summed E-state index contributed by atoms with van der Waals surface area (Å²) in [5.74, 6) is 0. The molecule has 0 saturated heterocycles. The second kappa shape index (κ2) is 8.50. The minimum absolute atomic E-state index is 1.21. The predicted octanol–water partition coefficient (Wildman–Crippen LogP) is 6.58. The van der Waals surface area contributed by atoms with E-state index in [1.165, 1.54) is 22.3 Å². The molecule has 0 spiro atoms. The summed E-state index contributed by atoms with van der Waals surface area (Å²) < 4.78 is 0. The molecule has 0 aliphatic rings. The van der Waals surface area contributed by atoms with Crippen LogP contribution in [-0.4, -0.2) is 0 Å². The fourth-order valence-corrected chi connectivity index (χ4v) is 2.45. The molecule has 0 aliphatic heterocycles. The average molecular weight is 308 g/mol. The number of rotatable bonds is 5. The zero-order valence-electron chi connectivity index (χ0n) is 13.5. The summed E-state index contributed by atoms with van der Waals surface area (Å²) in [4.78, 5) is 0. The molecule has 0 radical (unpaired) electrons. The third-order valence-electron chi connectivity index (χ3n) is 3.73. The van der Waals surface area contributed by atoms with Gasteiger partial charge in [-0.2, -0.15) is 0 Å². The van der Waals surface area contributed by atoms with Crippen molar-refractivity contribution in [3.8, 4) is 0 Å². The second-order valence-corrected chi connectivity index (χ2v) is 5.50. The molecule has 0 fully saturated rings. The third-order valence-corrected chi connectivity index (χ3v) is 3.73. The molecule has 0 nitrogen and oxygen atoms in total. The quantitative estimate of drug-likeness (QED) is 0.369. The first kappa shape index (κ1) is 15.8. The molecule has 0 amide bonds. The van der Waals surface area contributed by atoms with Crippen molar-refractivity contribution in [3.05, 3.63) is 119 Å². The highest BCUT2D eigenvalue weighted by molar-refractivity contribution is 5.75. The van der Waals surface area contributed by atoms with Crippen LogP contribution in [0, 0.1) is 0 Å². The molecule has 0 atom stereocenters. The summed E-state index contributed by atoms with van der Waals surface area (Å²) in [7, 11) is 0. The van der Waals surface area contributed by atoms with Crippen molar-refractivity contribution >= 4 is 24.3 Å².